The summed E-state index contributed by atoms with van der Waals surface area (Å²) in [6, 6.07) is 2.51. The van der Waals surface area contributed by atoms with Gasteiger partial charge in [-0.1, -0.05) is 6.42 Å². The third-order valence-electron chi connectivity index (χ3n) is 2.18. The second-order valence-electron chi connectivity index (χ2n) is 3.88. The minimum Gasteiger partial charge on any atom is -0.328 e. The number of rotatable bonds is 7. The SMILES string of the molecule is CC(N)CCCCNCc1cc(Br)cs1. The van der Waals surface area contributed by atoms with E-state index in [9.17, 15) is 0 Å². The zero-order valence-electron chi connectivity index (χ0n) is 9.13. The largest absolute Gasteiger partial charge is 0.328 e. The van der Waals surface area contributed by atoms with Crippen LogP contribution in [0.1, 0.15) is 31.1 Å². The van der Waals surface area contributed by atoms with Gasteiger partial charge in [-0.25, -0.2) is 0 Å². The molecule has 0 aliphatic carbocycles. The summed E-state index contributed by atoms with van der Waals surface area (Å²) in [5.41, 5.74) is 5.68. The number of nitrogens with two attached hydrogens (primary N) is 1. The van der Waals surface area contributed by atoms with E-state index in [0.29, 0.717) is 6.04 Å². The van der Waals surface area contributed by atoms with Crippen molar-refractivity contribution in [1.82, 2.24) is 5.32 Å². The molecule has 1 rings (SSSR count). The molecule has 0 spiro atoms. The Labute approximate surface area is 104 Å². The van der Waals surface area contributed by atoms with E-state index in [2.05, 4.69) is 39.6 Å². The molecule has 0 aromatic carbocycles. The molecule has 0 radical (unpaired) electrons. The monoisotopic (exact) mass is 290 g/mol. The summed E-state index contributed by atoms with van der Waals surface area (Å²) in [5.74, 6) is 0. The van der Waals surface area contributed by atoms with Crippen LogP contribution in [0, 0.1) is 0 Å². The molecule has 0 saturated heterocycles. The van der Waals surface area contributed by atoms with E-state index in [4.69, 9.17) is 5.73 Å². The number of unbranched alkanes of at least 4 members (excludes halogenated alkanes) is 1. The Balaban J connectivity index is 1.98. The summed E-state index contributed by atoms with van der Waals surface area (Å²) >= 11 is 5.24. The van der Waals surface area contributed by atoms with Gasteiger partial charge >= 0.3 is 0 Å². The minimum atomic E-state index is 0.346. The third-order valence-corrected chi connectivity index (χ3v) is 3.88. The molecule has 0 saturated carbocycles. The number of hydrogen-bond acceptors (Lipinski definition) is 3. The molecule has 0 fully saturated rings. The van der Waals surface area contributed by atoms with E-state index in [1.807, 2.05) is 0 Å². The van der Waals surface area contributed by atoms with Crippen LogP contribution in [-0.2, 0) is 6.54 Å². The molecule has 0 aliphatic rings. The van der Waals surface area contributed by atoms with E-state index >= 15 is 0 Å². The standard InChI is InChI=1S/C11H19BrN2S/c1-9(13)4-2-3-5-14-7-11-6-10(12)8-15-11/h6,8-9,14H,2-5,7,13H2,1H3. The third kappa shape index (κ3) is 6.30. The highest BCUT2D eigenvalue weighted by atomic mass is 79.9. The van der Waals surface area contributed by atoms with Crippen LogP contribution in [0.15, 0.2) is 15.9 Å². The van der Waals surface area contributed by atoms with Crippen LogP contribution < -0.4 is 11.1 Å². The Morgan fingerprint density at radius 3 is 2.93 bits per heavy atom. The average molecular weight is 291 g/mol. The number of halogens is 1. The van der Waals surface area contributed by atoms with Crippen molar-refractivity contribution in [3.8, 4) is 0 Å². The van der Waals surface area contributed by atoms with E-state index in [0.717, 1.165) is 19.5 Å². The Bertz CT molecular complexity index is 273. The van der Waals surface area contributed by atoms with Crippen molar-refractivity contribution in [1.29, 1.82) is 0 Å². The first-order chi connectivity index (χ1) is 7.18. The maximum atomic E-state index is 5.68. The van der Waals surface area contributed by atoms with E-state index < -0.39 is 0 Å². The summed E-state index contributed by atoms with van der Waals surface area (Å²) in [7, 11) is 0. The smallest absolute Gasteiger partial charge is 0.0300 e. The van der Waals surface area contributed by atoms with Crippen molar-refractivity contribution < 1.29 is 0 Å². The van der Waals surface area contributed by atoms with Crippen LogP contribution in [0.2, 0.25) is 0 Å². The summed E-state index contributed by atoms with van der Waals surface area (Å²) in [4.78, 5) is 1.38. The van der Waals surface area contributed by atoms with Crippen LogP contribution in [-0.4, -0.2) is 12.6 Å². The van der Waals surface area contributed by atoms with Gasteiger partial charge in [0.2, 0.25) is 0 Å². The zero-order valence-corrected chi connectivity index (χ0v) is 11.5. The molecule has 2 nitrogen and oxygen atoms in total. The molecule has 4 heteroatoms. The molecule has 1 aromatic rings. The first-order valence-electron chi connectivity index (χ1n) is 5.37. The normalized spacial score (nSPS) is 13.0. The van der Waals surface area contributed by atoms with Crippen LogP contribution in [0.25, 0.3) is 0 Å². The van der Waals surface area contributed by atoms with Crippen LogP contribution in [0.3, 0.4) is 0 Å². The maximum Gasteiger partial charge on any atom is 0.0300 e. The molecule has 1 atom stereocenters. The first-order valence-corrected chi connectivity index (χ1v) is 7.05. The highest BCUT2D eigenvalue weighted by Crippen LogP contribution is 2.19. The molecular formula is C11H19BrN2S. The first kappa shape index (κ1) is 13.2. The molecule has 15 heavy (non-hydrogen) atoms. The highest BCUT2D eigenvalue weighted by Gasteiger charge is 1.97. The van der Waals surface area contributed by atoms with Gasteiger partial charge in [0, 0.05) is 27.3 Å². The van der Waals surface area contributed by atoms with Crippen LogP contribution >= 0.6 is 27.3 Å². The lowest BCUT2D eigenvalue weighted by Crippen LogP contribution is -2.17. The van der Waals surface area contributed by atoms with Gasteiger partial charge in [-0.3, -0.25) is 0 Å². The Kier molecular flexibility index (Phi) is 6.48. The van der Waals surface area contributed by atoms with Gasteiger partial charge < -0.3 is 11.1 Å². The number of thiophene rings is 1. The molecule has 86 valence electrons. The predicted molar refractivity (Wildman–Crippen MR) is 71.2 cm³/mol. The molecule has 0 aliphatic heterocycles. The summed E-state index contributed by atoms with van der Waals surface area (Å²) < 4.78 is 1.18. The van der Waals surface area contributed by atoms with Crippen molar-refractivity contribution in [2.45, 2.75) is 38.8 Å². The summed E-state index contributed by atoms with van der Waals surface area (Å²) in [5, 5.41) is 5.56. The van der Waals surface area contributed by atoms with Gasteiger partial charge in [-0.05, 0) is 48.3 Å². The maximum absolute atomic E-state index is 5.68. The molecule has 0 bridgehead atoms. The predicted octanol–water partition coefficient (Wildman–Crippen LogP) is 3.12. The molecule has 1 aromatic heterocycles. The van der Waals surface area contributed by atoms with E-state index in [1.54, 1.807) is 11.3 Å². The lowest BCUT2D eigenvalue weighted by Gasteiger charge is -2.05. The molecule has 0 amide bonds. The molecule has 3 N–H and O–H groups in total. The number of hydrogen-bond donors (Lipinski definition) is 2. The zero-order chi connectivity index (χ0) is 11.1. The van der Waals surface area contributed by atoms with Gasteiger partial charge in [0.25, 0.3) is 0 Å². The van der Waals surface area contributed by atoms with Gasteiger partial charge in [0.05, 0.1) is 0 Å². The van der Waals surface area contributed by atoms with Gasteiger partial charge in [-0.15, -0.1) is 11.3 Å². The van der Waals surface area contributed by atoms with Crippen molar-refractivity contribution in [3.63, 3.8) is 0 Å². The lowest BCUT2D eigenvalue weighted by atomic mass is 10.1. The van der Waals surface area contributed by atoms with Crippen LogP contribution in [0.5, 0.6) is 0 Å². The fourth-order valence-corrected chi connectivity index (χ4v) is 2.80. The topological polar surface area (TPSA) is 38.0 Å². The van der Waals surface area contributed by atoms with Gasteiger partial charge in [-0.2, -0.15) is 0 Å². The van der Waals surface area contributed by atoms with Gasteiger partial charge in [0.1, 0.15) is 0 Å². The fraction of sp³-hybridized carbons (Fsp3) is 0.636. The van der Waals surface area contributed by atoms with Gasteiger partial charge in [0.15, 0.2) is 0 Å². The summed E-state index contributed by atoms with van der Waals surface area (Å²) in [6.45, 7) is 4.13. The van der Waals surface area contributed by atoms with Crippen LogP contribution in [0.4, 0.5) is 0 Å². The Morgan fingerprint density at radius 1 is 1.53 bits per heavy atom. The Hall–Kier alpha value is 0.1000. The fourth-order valence-electron chi connectivity index (χ4n) is 1.37. The van der Waals surface area contributed by atoms with Crippen molar-refractivity contribution in [2.24, 2.45) is 5.73 Å². The average Bonchev–Trinajstić information content (AvgIpc) is 2.57. The Morgan fingerprint density at radius 2 is 2.33 bits per heavy atom. The minimum absolute atomic E-state index is 0.346. The number of nitrogens with one attached hydrogen (secondary N) is 1. The molecular weight excluding hydrogens is 272 g/mol. The molecule has 1 heterocycles. The second-order valence-corrected chi connectivity index (χ2v) is 5.79. The quantitative estimate of drug-likeness (QED) is 0.758. The second kappa shape index (κ2) is 7.39. The van der Waals surface area contributed by atoms with Crippen molar-refractivity contribution in [2.75, 3.05) is 6.54 Å². The van der Waals surface area contributed by atoms with E-state index in [-0.39, 0.29) is 0 Å². The highest BCUT2D eigenvalue weighted by molar-refractivity contribution is 9.10. The molecule has 1 unspecified atom stereocenters. The van der Waals surface area contributed by atoms with E-state index in [1.165, 1.54) is 22.2 Å². The van der Waals surface area contributed by atoms with Crippen molar-refractivity contribution in [3.05, 3.63) is 20.8 Å². The van der Waals surface area contributed by atoms with Crippen molar-refractivity contribution >= 4 is 27.3 Å². The lowest BCUT2D eigenvalue weighted by molar-refractivity contribution is 0.565. The summed E-state index contributed by atoms with van der Waals surface area (Å²) in [6.07, 6.45) is 3.57.